The van der Waals surface area contributed by atoms with E-state index in [1.165, 1.54) is 42.7 Å². The molecule has 0 unspecified atom stereocenters. The van der Waals surface area contributed by atoms with Crippen LogP contribution in [0.25, 0.3) is 0 Å². The van der Waals surface area contributed by atoms with Gasteiger partial charge in [0.25, 0.3) is 11.6 Å². The van der Waals surface area contributed by atoms with E-state index in [4.69, 9.17) is 4.74 Å². The Hall–Kier alpha value is -2.81. The molecule has 0 saturated carbocycles. The van der Waals surface area contributed by atoms with E-state index >= 15 is 0 Å². The molecular weight excluding hydrogens is 370 g/mol. The Morgan fingerprint density at radius 2 is 2.09 bits per heavy atom. The number of ether oxygens (including phenoxy) is 1. The zero-order valence-electron chi connectivity index (χ0n) is 11.6. The second-order valence-corrected chi connectivity index (χ2v) is 5.24. The largest absolute Gasteiger partial charge is 0.452 e. The maximum atomic E-state index is 11.7. The summed E-state index contributed by atoms with van der Waals surface area (Å²) in [5.74, 6) is -1.31. The van der Waals surface area contributed by atoms with Gasteiger partial charge in [0, 0.05) is 34.7 Å². The van der Waals surface area contributed by atoms with Crippen LogP contribution in [-0.4, -0.2) is 28.4 Å². The fraction of sp³-hybridized carbons (Fsp3) is 0.0714. The van der Waals surface area contributed by atoms with Gasteiger partial charge in [0.15, 0.2) is 6.61 Å². The zero-order valence-corrected chi connectivity index (χ0v) is 13.1. The molecule has 1 aromatic carbocycles. The van der Waals surface area contributed by atoms with Gasteiger partial charge >= 0.3 is 5.97 Å². The van der Waals surface area contributed by atoms with Crippen LogP contribution < -0.4 is 5.32 Å². The standard InChI is InChI=1S/C14H10BrN3O5/c15-10-4-9(6-16-7-10)14(20)23-8-13(19)17-11-2-1-3-12(5-11)18(21)22/h1-7H,8H2,(H,17,19). The van der Waals surface area contributed by atoms with Crippen molar-refractivity contribution in [2.45, 2.75) is 0 Å². The van der Waals surface area contributed by atoms with Crippen LogP contribution in [0.15, 0.2) is 47.2 Å². The number of non-ortho nitro benzene ring substituents is 1. The average molecular weight is 380 g/mol. The van der Waals surface area contributed by atoms with Crippen molar-refractivity contribution in [3.05, 3.63) is 62.9 Å². The molecule has 0 aliphatic rings. The highest BCUT2D eigenvalue weighted by molar-refractivity contribution is 9.10. The molecule has 1 amide bonds. The average Bonchev–Trinajstić information content (AvgIpc) is 2.53. The number of nitrogens with zero attached hydrogens (tertiary/aromatic N) is 2. The first kappa shape index (κ1) is 16.6. The minimum absolute atomic E-state index is 0.153. The molecule has 2 aromatic rings. The molecule has 0 spiro atoms. The summed E-state index contributed by atoms with van der Waals surface area (Å²) in [5.41, 5.74) is 0.284. The summed E-state index contributed by atoms with van der Waals surface area (Å²) in [6.07, 6.45) is 2.82. The maximum absolute atomic E-state index is 11.7. The number of pyridine rings is 1. The summed E-state index contributed by atoms with van der Waals surface area (Å²) >= 11 is 3.17. The number of halogens is 1. The van der Waals surface area contributed by atoms with E-state index in [0.29, 0.717) is 4.47 Å². The Labute approximate surface area is 138 Å². The Morgan fingerprint density at radius 1 is 1.30 bits per heavy atom. The summed E-state index contributed by atoms with van der Waals surface area (Å²) < 4.78 is 5.45. The smallest absolute Gasteiger partial charge is 0.340 e. The van der Waals surface area contributed by atoms with E-state index in [0.717, 1.165) is 0 Å². The molecule has 0 aliphatic carbocycles. The van der Waals surface area contributed by atoms with Gasteiger partial charge in [-0.15, -0.1) is 0 Å². The SMILES string of the molecule is O=C(COC(=O)c1cncc(Br)c1)Nc1cccc([N+](=O)[O-])c1. The van der Waals surface area contributed by atoms with Gasteiger partial charge in [-0.1, -0.05) is 6.07 Å². The van der Waals surface area contributed by atoms with Crippen molar-refractivity contribution in [2.24, 2.45) is 0 Å². The van der Waals surface area contributed by atoms with Crippen LogP contribution in [0, 0.1) is 10.1 Å². The van der Waals surface area contributed by atoms with E-state index in [9.17, 15) is 19.7 Å². The molecule has 0 aliphatic heterocycles. The third-order valence-electron chi connectivity index (χ3n) is 2.62. The van der Waals surface area contributed by atoms with Crippen molar-refractivity contribution in [1.29, 1.82) is 0 Å². The van der Waals surface area contributed by atoms with Gasteiger partial charge in [-0.3, -0.25) is 19.9 Å². The number of anilines is 1. The van der Waals surface area contributed by atoms with Gasteiger partial charge in [0.05, 0.1) is 10.5 Å². The second kappa shape index (κ2) is 7.45. The van der Waals surface area contributed by atoms with Gasteiger partial charge in [0.2, 0.25) is 0 Å². The molecule has 0 saturated heterocycles. The number of aromatic nitrogens is 1. The van der Waals surface area contributed by atoms with Crippen LogP contribution in [0.1, 0.15) is 10.4 Å². The lowest BCUT2D eigenvalue weighted by molar-refractivity contribution is -0.384. The molecule has 0 fully saturated rings. The number of carbonyl (C=O) groups excluding carboxylic acids is 2. The van der Waals surface area contributed by atoms with Crippen LogP contribution in [0.3, 0.4) is 0 Å². The highest BCUT2D eigenvalue weighted by Crippen LogP contribution is 2.17. The molecule has 23 heavy (non-hydrogen) atoms. The first-order valence-corrected chi connectivity index (χ1v) is 7.07. The maximum Gasteiger partial charge on any atom is 0.340 e. The highest BCUT2D eigenvalue weighted by Gasteiger charge is 2.12. The first-order chi connectivity index (χ1) is 11.0. The van der Waals surface area contributed by atoms with Gasteiger partial charge in [-0.2, -0.15) is 0 Å². The molecule has 9 heteroatoms. The number of rotatable bonds is 5. The van der Waals surface area contributed by atoms with E-state index in [2.05, 4.69) is 26.2 Å². The van der Waals surface area contributed by atoms with Crippen molar-refractivity contribution >= 4 is 39.2 Å². The third-order valence-corrected chi connectivity index (χ3v) is 3.05. The lowest BCUT2D eigenvalue weighted by Crippen LogP contribution is -2.21. The van der Waals surface area contributed by atoms with Crippen molar-refractivity contribution in [3.63, 3.8) is 0 Å². The molecule has 1 heterocycles. The summed E-state index contributed by atoms with van der Waals surface area (Å²) in [5, 5.41) is 13.1. The number of esters is 1. The normalized spacial score (nSPS) is 9.96. The predicted octanol–water partition coefficient (Wildman–Crippen LogP) is 2.55. The van der Waals surface area contributed by atoms with E-state index < -0.39 is 23.4 Å². The monoisotopic (exact) mass is 379 g/mol. The van der Waals surface area contributed by atoms with Crippen LogP contribution in [0.4, 0.5) is 11.4 Å². The van der Waals surface area contributed by atoms with Crippen LogP contribution in [-0.2, 0) is 9.53 Å². The Kier molecular flexibility index (Phi) is 5.36. The molecule has 0 bridgehead atoms. The van der Waals surface area contributed by atoms with E-state index in [1.54, 1.807) is 0 Å². The van der Waals surface area contributed by atoms with Crippen molar-refractivity contribution in [2.75, 3.05) is 11.9 Å². The number of benzene rings is 1. The number of nitro benzene ring substituents is 1. The first-order valence-electron chi connectivity index (χ1n) is 6.27. The number of hydrogen-bond acceptors (Lipinski definition) is 6. The fourth-order valence-electron chi connectivity index (χ4n) is 1.63. The van der Waals surface area contributed by atoms with Gasteiger partial charge < -0.3 is 10.1 Å². The minimum atomic E-state index is -0.701. The molecule has 118 valence electrons. The summed E-state index contributed by atoms with van der Waals surface area (Å²) in [6, 6.07) is 6.94. The Bertz CT molecular complexity index is 766. The molecule has 8 nitrogen and oxygen atoms in total. The second-order valence-electron chi connectivity index (χ2n) is 4.32. The highest BCUT2D eigenvalue weighted by atomic mass is 79.9. The number of carbonyl (C=O) groups is 2. The topological polar surface area (TPSA) is 111 Å². The van der Waals surface area contributed by atoms with Gasteiger partial charge in [-0.25, -0.2) is 4.79 Å². The number of nitro groups is 1. The zero-order chi connectivity index (χ0) is 16.8. The van der Waals surface area contributed by atoms with Crippen molar-refractivity contribution in [3.8, 4) is 0 Å². The van der Waals surface area contributed by atoms with Crippen molar-refractivity contribution < 1.29 is 19.2 Å². The fourth-order valence-corrected chi connectivity index (χ4v) is 2.00. The van der Waals surface area contributed by atoms with Gasteiger partial charge in [0.1, 0.15) is 0 Å². The molecule has 1 N–H and O–H groups in total. The number of amides is 1. The third kappa shape index (κ3) is 4.85. The van der Waals surface area contributed by atoms with Crippen molar-refractivity contribution in [1.82, 2.24) is 4.98 Å². The van der Waals surface area contributed by atoms with Gasteiger partial charge in [-0.05, 0) is 28.1 Å². The van der Waals surface area contributed by atoms with E-state index in [-0.39, 0.29) is 16.9 Å². The Morgan fingerprint density at radius 3 is 2.78 bits per heavy atom. The van der Waals surface area contributed by atoms with Crippen LogP contribution >= 0.6 is 15.9 Å². The molecule has 0 radical (unpaired) electrons. The van der Waals surface area contributed by atoms with Crippen LogP contribution in [0.5, 0.6) is 0 Å². The molecule has 2 rings (SSSR count). The molecule has 1 aromatic heterocycles. The Balaban J connectivity index is 1.91. The predicted molar refractivity (Wildman–Crippen MR) is 83.9 cm³/mol. The summed E-state index contributed by atoms with van der Waals surface area (Å²) in [6.45, 7) is -0.520. The minimum Gasteiger partial charge on any atom is -0.452 e. The number of nitrogens with one attached hydrogen (secondary N) is 1. The summed E-state index contributed by atoms with van der Waals surface area (Å²) in [7, 11) is 0. The molecule has 0 atom stereocenters. The van der Waals surface area contributed by atoms with E-state index in [1.807, 2.05) is 0 Å². The molecular formula is C14H10BrN3O5. The number of hydrogen-bond donors (Lipinski definition) is 1. The summed E-state index contributed by atoms with van der Waals surface area (Å²) in [4.78, 5) is 37.4. The van der Waals surface area contributed by atoms with Crippen LogP contribution in [0.2, 0.25) is 0 Å². The lowest BCUT2D eigenvalue weighted by atomic mass is 10.3. The quantitative estimate of drug-likeness (QED) is 0.485. The lowest BCUT2D eigenvalue weighted by Gasteiger charge is -2.06.